The molecule has 0 atom stereocenters. The van der Waals surface area contributed by atoms with Gasteiger partial charge in [-0.05, 0) is 18.1 Å². The van der Waals surface area contributed by atoms with Gasteiger partial charge < -0.3 is 0 Å². The lowest BCUT2D eigenvalue weighted by Gasteiger charge is -2.16. The summed E-state index contributed by atoms with van der Waals surface area (Å²) in [5, 5.41) is 1.70. The van der Waals surface area contributed by atoms with Crippen molar-refractivity contribution in [1.82, 2.24) is 10.4 Å². The Hall–Kier alpha value is -1.35. The van der Waals surface area contributed by atoms with E-state index in [2.05, 4.69) is 24.5 Å². The smallest absolute Gasteiger partial charge is 0.238 e. The van der Waals surface area contributed by atoms with Crippen LogP contribution in [0.5, 0.6) is 0 Å². The lowest BCUT2D eigenvalue weighted by Crippen LogP contribution is -2.33. The van der Waals surface area contributed by atoms with Gasteiger partial charge in [-0.25, -0.2) is 5.43 Å². The molecule has 1 heterocycles. The van der Waals surface area contributed by atoms with Crippen LogP contribution in [0.3, 0.4) is 0 Å². The topological polar surface area (TPSA) is 32.3 Å². The van der Waals surface area contributed by atoms with E-state index in [4.69, 9.17) is 0 Å². The molecule has 0 aliphatic carbocycles. The summed E-state index contributed by atoms with van der Waals surface area (Å²) in [6.45, 7) is 3.51. The Kier molecular flexibility index (Phi) is 2.50. The minimum absolute atomic E-state index is 0.188. The van der Waals surface area contributed by atoms with Gasteiger partial charge in [-0.15, -0.1) is 0 Å². The van der Waals surface area contributed by atoms with Crippen molar-refractivity contribution in [2.75, 3.05) is 6.54 Å². The van der Waals surface area contributed by atoms with Crippen molar-refractivity contribution < 1.29 is 4.79 Å². The van der Waals surface area contributed by atoms with Crippen LogP contribution in [0.4, 0.5) is 0 Å². The van der Waals surface area contributed by atoms with Gasteiger partial charge in [0.05, 0.1) is 6.54 Å². The normalized spacial score (nSPS) is 16.4. The highest BCUT2D eigenvalue weighted by atomic mass is 16.2. The third kappa shape index (κ3) is 1.77. The summed E-state index contributed by atoms with van der Waals surface area (Å²) < 4.78 is 0. The molecule has 1 fully saturated rings. The van der Waals surface area contributed by atoms with Gasteiger partial charge in [-0.3, -0.25) is 9.80 Å². The average Bonchev–Trinajstić information content (AvgIpc) is 2.56. The molecule has 0 saturated carbocycles. The zero-order chi connectivity index (χ0) is 9.97. The molecular formula is C11H14N2O. The van der Waals surface area contributed by atoms with Crippen molar-refractivity contribution in [3.8, 4) is 0 Å². The number of hydrazine groups is 1. The molecule has 1 aliphatic heterocycles. The molecule has 0 unspecified atom stereocenters. The van der Waals surface area contributed by atoms with Crippen LogP contribution in [0.1, 0.15) is 17.5 Å². The van der Waals surface area contributed by atoms with Crippen LogP contribution in [0, 0.1) is 6.92 Å². The van der Waals surface area contributed by atoms with Crippen LogP contribution >= 0.6 is 0 Å². The van der Waals surface area contributed by atoms with E-state index in [1.165, 1.54) is 11.1 Å². The van der Waals surface area contributed by atoms with Gasteiger partial charge in [0.2, 0.25) is 5.91 Å². The number of hydrogen-bond acceptors (Lipinski definition) is 2. The van der Waals surface area contributed by atoms with Crippen LogP contribution in [-0.4, -0.2) is 17.5 Å². The number of carbonyl (C=O) groups excluding carboxylic acids is 1. The number of nitrogens with zero attached hydrogens (tertiary/aromatic N) is 1. The van der Waals surface area contributed by atoms with E-state index in [-0.39, 0.29) is 5.91 Å². The zero-order valence-corrected chi connectivity index (χ0v) is 8.29. The molecule has 1 amide bonds. The zero-order valence-electron chi connectivity index (χ0n) is 8.29. The largest absolute Gasteiger partial charge is 0.273 e. The summed E-state index contributed by atoms with van der Waals surface area (Å²) in [7, 11) is 0. The molecule has 14 heavy (non-hydrogen) atoms. The summed E-state index contributed by atoms with van der Waals surface area (Å²) in [4.78, 5) is 11.4. The van der Waals surface area contributed by atoms with Gasteiger partial charge >= 0.3 is 0 Å². The van der Waals surface area contributed by atoms with E-state index >= 15 is 0 Å². The number of carbonyl (C=O) groups is 1. The predicted octanol–water partition coefficient (Wildman–Crippen LogP) is 1.23. The van der Waals surface area contributed by atoms with E-state index in [0.717, 1.165) is 6.54 Å². The molecule has 0 radical (unpaired) electrons. The lowest BCUT2D eigenvalue weighted by atomic mass is 10.1. The second-order valence-electron chi connectivity index (χ2n) is 3.56. The fourth-order valence-corrected chi connectivity index (χ4v) is 1.62. The number of rotatable bonds is 2. The molecule has 0 spiro atoms. The summed E-state index contributed by atoms with van der Waals surface area (Å²) in [6.07, 6.45) is 0.617. The summed E-state index contributed by atoms with van der Waals surface area (Å²) in [6, 6.07) is 8.14. The maximum atomic E-state index is 11.4. The van der Waals surface area contributed by atoms with Gasteiger partial charge in [-0.2, -0.15) is 0 Å². The standard InChI is InChI=1S/C11H14N2O/c1-9-4-2-3-5-10(9)8-13-11(14)6-7-12-13/h2-5,12H,6-8H2,1H3. The molecule has 2 rings (SSSR count). The maximum Gasteiger partial charge on any atom is 0.238 e. The second-order valence-corrected chi connectivity index (χ2v) is 3.56. The molecule has 0 aromatic heterocycles. The highest BCUT2D eigenvalue weighted by Gasteiger charge is 2.19. The first-order chi connectivity index (χ1) is 6.77. The molecule has 0 bridgehead atoms. The van der Waals surface area contributed by atoms with Gasteiger partial charge in [0, 0.05) is 13.0 Å². The van der Waals surface area contributed by atoms with Crippen LogP contribution < -0.4 is 5.43 Å². The van der Waals surface area contributed by atoms with Crippen molar-refractivity contribution >= 4 is 5.91 Å². The predicted molar refractivity (Wildman–Crippen MR) is 54.3 cm³/mol. The first-order valence-corrected chi connectivity index (χ1v) is 4.86. The Balaban J connectivity index is 2.10. The molecule has 1 aliphatic rings. The Labute approximate surface area is 83.7 Å². The van der Waals surface area contributed by atoms with E-state index in [1.54, 1.807) is 5.01 Å². The Morgan fingerprint density at radius 2 is 2.21 bits per heavy atom. The Bertz CT molecular complexity index is 349. The molecule has 1 N–H and O–H groups in total. The van der Waals surface area contributed by atoms with Gasteiger partial charge in [0.25, 0.3) is 0 Å². The van der Waals surface area contributed by atoms with E-state index in [9.17, 15) is 4.79 Å². The molecule has 3 nitrogen and oxygen atoms in total. The quantitative estimate of drug-likeness (QED) is 0.760. The van der Waals surface area contributed by atoms with Crippen LogP contribution in [0.15, 0.2) is 24.3 Å². The highest BCUT2D eigenvalue weighted by Crippen LogP contribution is 2.11. The van der Waals surface area contributed by atoms with Crippen molar-refractivity contribution in [3.05, 3.63) is 35.4 Å². The third-order valence-corrected chi connectivity index (χ3v) is 2.53. The molecule has 1 aromatic rings. The Morgan fingerprint density at radius 3 is 2.86 bits per heavy atom. The number of benzene rings is 1. The van der Waals surface area contributed by atoms with Gasteiger partial charge in [0.1, 0.15) is 0 Å². The third-order valence-electron chi connectivity index (χ3n) is 2.53. The summed E-state index contributed by atoms with van der Waals surface area (Å²) >= 11 is 0. The fourth-order valence-electron chi connectivity index (χ4n) is 1.62. The number of nitrogens with one attached hydrogen (secondary N) is 1. The average molecular weight is 190 g/mol. The van der Waals surface area contributed by atoms with Gasteiger partial charge in [0.15, 0.2) is 0 Å². The lowest BCUT2D eigenvalue weighted by molar-refractivity contribution is -0.130. The van der Waals surface area contributed by atoms with Crippen LogP contribution in [0.25, 0.3) is 0 Å². The second kappa shape index (κ2) is 3.80. The highest BCUT2D eigenvalue weighted by molar-refractivity contribution is 5.77. The van der Waals surface area contributed by atoms with Crippen LogP contribution in [0.2, 0.25) is 0 Å². The van der Waals surface area contributed by atoms with Crippen LogP contribution in [-0.2, 0) is 11.3 Å². The maximum absolute atomic E-state index is 11.4. The van der Waals surface area contributed by atoms with Crippen molar-refractivity contribution in [3.63, 3.8) is 0 Å². The van der Waals surface area contributed by atoms with E-state index < -0.39 is 0 Å². The number of aryl methyl sites for hydroxylation is 1. The summed E-state index contributed by atoms with van der Waals surface area (Å²) in [5.41, 5.74) is 5.50. The number of amides is 1. The first-order valence-electron chi connectivity index (χ1n) is 4.86. The van der Waals surface area contributed by atoms with Crippen molar-refractivity contribution in [2.24, 2.45) is 0 Å². The van der Waals surface area contributed by atoms with E-state index in [1.807, 2.05) is 12.1 Å². The van der Waals surface area contributed by atoms with Crippen molar-refractivity contribution in [1.29, 1.82) is 0 Å². The Morgan fingerprint density at radius 1 is 1.43 bits per heavy atom. The molecule has 1 saturated heterocycles. The summed E-state index contributed by atoms with van der Waals surface area (Å²) in [5.74, 6) is 0.188. The fraction of sp³-hybridized carbons (Fsp3) is 0.364. The number of hydrogen-bond donors (Lipinski definition) is 1. The minimum atomic E-state index is 0.188. The monoisotopic (exact) mass is 190 g/mol. The minimum Gasteiger partial charge on any atom is -0.273 e. The molecule has 74 valence electrons. The SMILES string of the molecule is Cc1ccccc1CN1NCCC1=O. The molecular weight excluding hydrogens is 176 g/mol. The molecule has 3 heteroatoms. The van der Waals surface area contributed by atoms with Crippen molar-refractivity contribution in [2.45, 2.75) is 19.9 Å². The first kappa shape index (κ1) is 9.21. The molecule has 1 aromatic carbocycles. The van der Waals surface area contributed by atoms with E-state index in [0.29, 0.717) is 13.0 Å². The van der Waals surface area contributed by atoms with Gasteiger partial charge in [-0.1, -0.05) is 24.3 Å².